The summed E-state index contributed by atoms with van der Waals surface area (Å²) >= 11 is 0. The molecule has 2 fully saturated rings. The fraction of sp³-hybridized carbons (Fsp3) is 0.600. The molecule has 6 heteroatoms. The molecular weight excluding hydrogens is 272 g/mol. The van der Waals surface area contributed by atoms with E-state index in [2.05, 4.69) is 5.32 Å². The maximum absolute atomic E-state index is 11.1. The van der Waals surface area contributed by atoms with Gasteiger partial charge < -0.3 is 14.8 Å². The van der Waals surface area contributed by atoms with Gasteiger partial charge in [-0.15, -0.1) is 0 Å². The molecule has 0 atom stereocenters. The first-order valence-corrected chi connectivity index (χ1v) is 7.43. The number of benzene rings is 1. The van der Waals surface area contributed by atoms with Crippen molar-refractivity contribution in [2.75, 3.05) is 13.4 Å². The van der Waals surface area contributed by atoms with Crippen LogP contribution in [0.25, 0.3) is 0 Å². The molecule has 2 saturated carbocycles. The second-order valence-electron chi connectivity index (χ2n) is 5.79. The lowest BCUT2D eigenvalue weighted by molar-refractivity contribution is -0.386. The van der Waals surface area contributed by atoms with Gasteiger partial charge in [-0.3, -0.25) is 10.1 Å². The van der Waals surface area contributed by atoms with Gasteiger partial charge in [0.1, 0.15) is 0 Å². The van der Waals surface area contributed by atoms with Gasteiger partial charge in [0.25, 0.3) is 0 Å². The maximum Gasteiger partial charge on any atom is 0.311 e. The molecule has 2 aliphatic rings. The SMILES string of the molecule is O=[N+]([O-])c1cc(CNC2CC2)ccc1OCOCC1CC1. The molecule has 0 unspecified atom stereocenters. The molecule has 0 bridgehead atoms. The minimum Gasteiger partial charge on any atom is -0.460 e. The lowest BCUT2D eigenvalue weighted by atomic mass is 10.2. The molecule has 0 spiro atoms. The van der Waals surface area contributed by atoms with Crippen molar-refractivity contribution in [1.29, 1.82) is 0 Å². The van der Waals surface area contributed by atoms with Crippen molar-refractivity contribution in [2.45, 2.75) is 38.3 Å². The Morgan fingerprint density at radius 2 is 2.10 bits per heavy atom. The molecule has 1 aromatic rings. The Hall–Kier alpha value is -1.66. The average molecular weight is 292 g/mol. The largest absolute Gasteiger partial charge is 0.460 e. The summed E-state index contributed by atoms with van der Waals surface area (Å²) < 4.78 is 10.7. The van der Waals surface area contributed by atoms with E-state index >= 15 is 0 Å². The average Bonchev–Trinajstić information content (AvgIpc) is 3.36. The van der Waals surface area contributed by atoms with Gasteiger partial charge in [0.15, 0.2) is 12.5 Å². The third-order valence-electron chi connectivity index (χ3n) is 3.74. The van der Waals surface area contributed by atoms with Crippen molar-refractivity contribution in [3.8, 4) is 5.75 Å². The Balaban J connectivity index is 1.56. The fourth-order valence-electron chi connectivity index (χ4n) is 2.09. The van der Waals surface area contributed by atoms with Crippen molar-refractivity contribution < 1.29 is 14.4 Å². The summed E-state index contributed by atoms with van der Waals surface area (Å²) in [5.41, 5.74) is 0.903. The number of nitrogens with zero attached hydrogens (tertiary/aromatic N) is 1. The highest BCUT2D eigenvalue weighted by Crippen LogP contribution is 2.30. The molecule has 1 aromatic carbocycles. The Labute approximate surface area is 123 Å². The monoisotopic (exact) mass is 292 g/mol. The van der Waals surface area contributed by atoms with Crippen LogP contribution in [0, 0.1) is 16.0 Å². The summed E-state index contributed by atoms with van der Waals surface area (Å²) in [5.74, 6) is 0.922. The van der Waals surface area contributed by atoms with Gasteiger partial charge in [0, 0.05) is 18.7 Å². The Morgan fingerprint density at radius 3 is 2.76 bits per heavy atom. The van der Waals surface area contributed by atoms with Crippen LogP contribution in [0.1, 0.15) is 31.2 Å². The van der Waals surface area contributed by atoms with E-state index in [0.717, 1.165) is 5.56 Å². The molecule has 3 rings (SSSR count). The molecule has 114 valence electrons. The van der Waals surface area contributed by atoms with Gasteiger partial charge in [0.2, 0.25) is 0 Å². The summed E-state index contributed by atoms with van der Waals surface area (Å²) in [5, 5.41) is 14.5. The van der Waals surface area contributed by atoms with Crippen LogP contribution in [0.5, 0.6) is 5.75 Å². The van der Waals surface area contributed by atoms with Crippen LogP contribution >= 0.6 is 0 Å². The highest BCUT2D eigenvalue weighted by molar-refractivity contribution is 5.48. The van der Waals surface area contributed by atoms with Crippen LogP contribution in [0.2, 0.25) is 0 Å². The first-order chi connectivity index (χ1) is 10.2. The second-order valence-corrected chi connectivity index (χ2v) is 5.79. The third-order valence-corrected chi connectivity index (χ3v) is 3.74. The number of hydrogen-bond donors (Lipinski definition) is 1. The van der Waals surface area contributed by atoms with Crippen molar-refractivity contribution >= 4 is 5.69 Å². The molecular formula is C15H20N2O4. The van der Waals surface area contributed by atoms with Gasteiger partial charge in [-0.2, -0.15) is 0 Å². The number of nitrogens with one attached hydrogen (secondary N) is 1. The molecule has 0 heterocycles. The smallest absolute Gasteiger partial charge is 0.311 e. The van der Waals surface area contributed by atoms with Crippen molar-refractivity contribution in [2.24, 2.45) is 5.92 Å². The van der Waals surface area contributed by atoms with E-state index in [1.807, 2.05) is 6.07 Å². The highest BCUT2D eigenvalue weighted by Gasteiger charge is 2.22. The summed E-state index contributed by atoms with van der Waals surface area (Å²) in [6, 6.07) is 5.67. The molecule has 0 amide bonds. The van der Waals surface area contributed by atoms with Gasteiger partial charge in [-0.25, -0.2) is 0 Å². The van der Waals surface area contributed by atoms with Crippen LogP contribution in [0.4, 0.5) is 5.69 Å². The zero-order valence-corrected chi connectivity index (χ0v) is 11.9. The summed E-state index contributed by atoms with van der Waals surface area (Å²) in [6.45, 7) is 1.40. The second kappa shape index (κ2) is 6.41. The molecule has 2 aliphatic carbocycles. The first-order valence-electron chi connectivity index (χ1n) is 7.43. The zero-order valence-electron chi connectivity index (χ0n) is 11.9. The van der Waals surface area contributed by atoms with Crippen LogP contribution in [-0.4, -0.2) is 24.4 Å². The lowest BCUT2D eigenvalue weighted by Gasteiger charge is -2.09. The van der Waals surface area contributed by atoms with Crippen LogP contribution in [0.3, 0.4) is 0 Å². The fourth-order valence-corrected chi connectivity index (χ4v) is 2.09. The van der Waals surface area contributed by atoms with Crippen LogP contribution < -0.4 is 10.1 Å². The molecule has 0 aromatic heterocycles. The van der Waals surface area contributed by atoms with Crippen molar-refractivity contribution in [3.63, 3.8) is 0 Å². The lowest BCUT2D eigenvalue weighted by Crippen LogP contribution is -2.15. The first kappa shape index (κ1) is 14.3. The molecule has 21 heavy (non-hydrogen) atoms. The summed E-state index contributed by atoms with van der Waals surface area (Å²) in [6.07, 6.45) is 4.81. The van der Waals surface area contributed by atoms with Gasteiger partial charge in [-0.05, 0) is 43.2 Å². The maximum atomic E-state index is 11.1. The summed E-state index contributed by atoms with van der Waals surface area (Å²) in [4.78, 5) is 10.7. The van der Waals surface area contributed by atoms with E-state index in [1.165, 1.54) is 25.7 Å². The molecule has 0 aliphatic heterocycles. The third kappa shape index (κ3) is 4.41. The Morgan fingerprint density at radius 1 is 1.29 bits per heavy atom. The number of ether oxygens (including phenoxy) is 2. The van der Waals surface area contributed by atoms with E-state index in [-0.39, 0.29) is 18.2 Å². The van der Waals surface area contributed by atoms with E-state index in [1.54, 1.807) is 12.1 Å². The molecule has 1 N–H and O–H groups in total. The Bertz CT molecular complexity index is 512. The number of nitro groups is 1. The number of rotatable bonds is 9. The van der Waals surface area contributed by atoms with Crippen LogP contribution in [-0.2, 0) is 11.3 Å². The normalized spacial score (nSPS) is 17.7. The van der Waals surface area contributed by atoms with Gasteiger partial charge in [0.05, 0.1) is 11.5 Å². The quantitative estimate of drug-likeness (QED) is 0.328. The molecule has 0 radical (unpaired) electrons. The van der Waals surface area contributed by atoms with E-state index < -0.39 is 4.92 Å². The number of hydrogen-bond acceptors (Lipinski definition) is 5. The van der Waals surface area contributed by atoms with Crippen LogP contribution in [0.15, 0.2) is 18.2 Å². The van der Waals surface area contributed by atoms with Crippen molar-refractivity contribution in [3.05, 3.63) is 33.9 Å². The van der Waals surface area contributed by atoms with Crippen molar-refractivity contribution in [1.82, 2.24) is 5.32 Å². The predicted octanol–water partition coefficient (Wildman–Crippen LogP) is 2.61. The predicted molar refractivity (Wildman–Crippen MR) is 77.1 cm³/mol. The Kier molecular flexibility index (Phi) is 4.36. The van der Waals surface area contributed by atoms with E-state index in [0.29, 0.717) is 25.1 Å². The van der Waals surface area contributed by atoms with Gasteiger partial charge >= 0.3 is 5.69 Å². The minimum absolute atomic E-state index is 0.000110. The van der Waals surface area contributed by atoms with E-state index in [9.17, 15) is 10.1 Å². The standard InChI is InChI=1S/C15H20N2O4/c18-17(19)14-7-12(8-16-13-4-5-13)3-6-15(14)21-10-20-9-11-1-2-11/h3,6-7,11,13,16H,1-2,4-5,8-10H2. The zero-order chi connectivity index (χ0) is 14.7. The topological polar surface area (TPSA) is 73.6 Å². The summed E-state index contributed by atoms with van der Waals surface area (Å²) in [7, 11) is 0. The molecule has 6 nitrogen and oxygen atoms in total. The highest BCUT2D eigenvalue weighted by atomic mass is 16.7. The van der Waals surface area contributed by atoms with E-state index in [4.69, 9.17) is 9.47 Å². The van der Waals surface area contributed by atoms with Gasteiger partial charge in [-0.1, -0.05) is 6.07 Å². The minimum atomic E-state index is -0.406. The molecule has 0 saturated heterocycles. The number of nitro benzene ring substituents is 1.